The predicted molar refractivity (Wildman–Crippen MR) is 92.3 cm³/mol. The molecule has 0 unspecified atom stereocenters. The molecule has 1 aliphatic rings. The van der Waals surface area contributed by atoms with Crippen LogP contribution in [0.15, 0.2) is 48.5 Å². The number of nitrogens with one attached hydrogen (secondary N) is 2. The SMILES string of the molecule is Cl.c1ccc(Oc2ccc3[nH]c4c(c3c2)CCNCC4)cc1. The molecule has 4 heteroatoms. The number of aromatic nitrogens is 1. The van der Waals surface area contributed by atoms with Crippen molar-refractivity contribution in [3.05, 3.63) is 59.8 Å². The Morgan fingerprint density at radius 2 is 1.68 bits per heavy atom. The van der Waals surface area contributed by atoms with Crippen molar-refractivity contribution in [1.82, 2.24) is 10.3 Å². The van der Waals surface area contributed by atoms with Crippen molar-refractivity contribution in [1.29, 1.82) is 0 Å². The Labute approximate surface area is 136 Å². The minimum atomic E-state index is 0. The lowest BCUT2D eigenvalue weighted by Crippen LogP contribution is -2.16. The van der Waals surface area contributed by atoms with Gasteiger partial charge < -0.3 is 15.0 Å². The summed E-state index contributed by atoms with van der Waals surface area (Å²) in [5, 5.41) is 4.74. The van der Waals surface area contributed by atoms with E-state index in [-0.39, 0.29) is 12.4 Å². The molecule has 3 aromatic rings. The highest BCUT2D eigenvalue weighted by Crippen LogP contribution is 2.30. The highest BCUT2D eigenvalue weighted by atomic mass is 35.5. The Morgan fingerprint density at radius 3 is 2.55 bits per heavy atom. The molecule has 4 rings (SSSR count). The highest BCUT2D eigenvalue weighted by Gasteiger charge is 2.14. The molecule has 1 aromatic heterocycles. The van der Waals surface area contributed by atoms with Gasteiger partial charge >= 0.3 is 0 Å². The molecular weight excluding hydrogens is 296 g/mol. The summed E-state index contributed by atoms with van der Waals surface area (Å²) in [6.07, 6.45) is 2.14. The van der Waals surface area contributed by atoms with E-state index >= 15 is 0 Å². The average Bonchev–Trinajstić information content (AvgIpc) is 2.70. The lowest BCUT2D eigenvalue weighted by atomic mass is 10.1. The molecule has 0 radical (unpaired) electrons. The first kappa shape index (κ1) is 14.9. The van der Waals surface area contributed by atoms with Gasteiger partial charge in [-0.3, -0.25) is 0 Å². The quantitative estimate of drug-likeness (QED) is 0.748. The maximum absolute atomic E-state index is 5.95. The number of H-pyrrole nitrogens is 1. The summed E-state index contributed by atoms with van der Waals surface area (Å²) in [7, 11) is 0. The minimum absolute atomic E-state index is 0. The van der Waals surface area contributed by atoms with Crippen molar-refractivity contribution in [2.45, 2.75) is 12.8 Å². The molecular formula is C18H19ClN2O. The Bertz CT molecular complexity index is 767. The normalized spacial score (nSPS) is 14.0. The first-order valence-electron chi connectivity index (χ1n) is 7.47. The third kappa shape index (κ3) is 2.82. The monoisotopic (exact) mass is 314 g/mol. The van der Waals surface area contributed by atoms with Gasteiger partial charge in [0, 0.05) is 29.6 Å². The fourth-order valence-corrected chi connectivity index (χ4v) is 3.02. The topological polar surface area (TPSA) is 37.0 Å². The van der Waals surface area contributed by atoms with Gasteiger partial charge in [0.2, 0.25) is 0 Å². The van der Waals surface area contributed by atoms with Crippen LogP contribution in [0.5, 0.6) is 11.5 Å². The molecule has 0 saturated carbocycles. The molecule has 114 valence electrons. The molecule has 2 heterocycles. The number of rotatable bonds is 2. The molecule has 0 aliphatic carbocycles. The van der Waals surface area contributed by atoms with E-state index in [1.807, 2.05) is 36.4 Å². The van der Waals surface area contributed by atoms with Gasteiger partial charge in [-0.15, -0.1) is 12.4 Å². The van der Waals surface area contributed by atoms with Gasteiger partial charge in [-0.25, -0.2) is 0 Å². The zero-order chi connectivity index (χ0) is 14.1. The average molecular weight is 315 g/mol. The molecule has 22 heavy (non-hydrogen) atoms. The van der Waals surface area contributed by atoms with Crippen LogP contribution in [0.2, 0.25) is 0 Å². The minimum Gasteiger partial charge on any atom is -0.457 e. The van der Waals surface area contributed by atoms with Gasteiger partial charge in [0.1, 0.15) is 11.5 Å². The van der Waals surface area contributed by atoms with Crippen LogP contribution in [0.25, 0.3) is 10.9 Å². The van der Waals surface area contributed by atoms with Gasteiger partial charge in [0.15, 0.2) is 0 Å². The van der Waals surface area contributed by atoms with Crippen LogP contribution in [-0.2, 0) is 12.8 Å². The number of ether oxygens (including phenoxy) is 1. The molecule has 2 aromatic carbocycles. The summed E-state index contributed by atoms with van der Waals surface area (Å²) in [6, 6.07) is 16.2. The van der Waals surface area contributed by atoms with Gasteiger partial charge in [-0.05, 0) is 48.9 Å². The third-order valence-electron chi connectivity index (χ3n) is 4.05. The van der Waals surface area contributed by atoms with E-state index in [0.29, 0.717) is 0 Å². The predicted octanol–water partition coefficient (Wildman–Crippen LogP) is 4.07. The summed E-state index contributed by atoms with van der Waals surface area (Å²) in [5.74, 6) is 1.77. The lowest BCUT2D eigenvalue weighted by Gasteiger charge is -2.06. The van der Waals surface area contributed by atoms with Crippen molar-refractivity contribution in [3.63, 3.8) is 0 Å². The fraction of sp³-hybridized carbons (Fsp3) is 0.222. The molecule has 0 bridgehead atoms. The number of aromatic amines is 1. The molecule has 0 atom stereocenters. The highest BCUT2D eigenvalue weighted by molar-refractivity contribution is 5.86. The van der Waals surface area contributed by atoms with Crippen molar-refractivity contribution >= 4 is 23.3 Å². The number of halogens is 1. The van der Waals surface area contributed by atoms with Crippen molar-refractivity contribution in [2.75, 3.05) is 13.1 Å². The van der Waals surface area contributed by atoms with Gasteiger partial charge in [-0.1, -0.05) is 18.2 Å². The molecule has 3 nitrogen and oxygen atoms in total. The van der Waals surface area contributed by atoms with E-state index in [0.717, 1.165) is 37.4 Å². The van der Waals surface area contributed by atoms with Crippen LogP contribution >= 0.6 is 12.4 Å². The van der Waals surface area contributed by atoms with Crippen LogP contribution < -0.4 is 10.1 Å². The van der Waals surface area contributed by atoms with Crippen LogP contribution in [0.4, 0.5) is 0 Å². The Hall–Kier alpha value is -1.97. The summed E-state index contributed by atoms with van der Waals surface area (Å²) >= 11 is 0. The zero-order valence-electron chi connectivity index (χ0n) is 12.3. The second-order valence-corrected chi connectivity index (χ2v) is 5.45. The molecule has 0 saturated heterocycles. The Balaban J connectivity index is 0.00000144. The number of benzene rings is 2. The van der Waals surface area contributed by atoms with Crippen molar-refractivity contribution in [3.8, 4) is 11.5 Å². The smallest absolute Gasteiger partial charge is 0.128 e. The Morgan fingerprint density at radius 1 is 0.864 bits per heavy atom. The van der Waals surface area contributed by atoms with Crippen LogP contribution in [0.3, 0.4) is 0 Å². The zero-order valence-corrected chi connectivity index (χ0v) is 13.1. The molecule has 1 aliphatic heterocycles. The first-order chi connectivity index (χ1) is 10.4. The molecule has 2 N–H and O–H groups in total. The van der Waals surface area contributed by atoms with E-state index in [1.165, 1.54) is 22.2 Å². The third-order valence-corrected chi connectivity index (χ3v) is 4.05. The van der Waals surface area contributed by atoms with Gasteiger partial charge in [0.25, 0.3) is 0 Å². The molecule has 0 spiro atoms. The van der Waals surface area contributed by atoms with Gasteiger partial charge in [-0.2, -0.15) is 0 Å². The number of hydrogen-bond donors (Lipinski definition) is 2. The standard InChI is InChI=1S/C18H18N2O.ClH/c1-2-4-13(5-3-1)21-14-6-7-17-16(12-14)15-8-10-19-11-9-18(15)20-17;/h1-7,12,19-20H,8-11H2;1H. The number of para-hydroxylation sites is 1. The summed E-state index contributed by atoms with van der Waals surface area (Å²) in [4.78, 5) is 3.55. The Kier molecular flexibility index (Phi) is 4.36. The van der Waals surface area contributed by atoms with Crippen LogP contribution in [0, 0.1) is 0 Å². The van der Waals surface area contributed by atoms with Crippen molar-refractivity contribution < 1.29 is 4.74 Å². The number of hydrogen-bond acceptors (Lipinski definition) is 2. The number of fused-ring (bicyclic) bond motifs is 3. The lowest BCUT2D eigenvalue weighted by molar-refractivity contribution is 0.483. The van der Waals surface area contributed by atoms with Crippen LogP contribution in [0.1, 0.15) is 11.3 Å². The van der Waals surface area contributed by atoms with Crippen molar-refractivity contribution in [2.24, 2.45) is 0 Å². The second-order valence-electron chi connectivity index (χ2n) is 5.45. The van der Waals surface area contributed by atoms with E-state index in [2.05, 4.69) is 22.4 Å². The maximum Gasteiger partial charge on any atom is 0.128 e. The maximum atomic E-state index is 5.95. The summed E-state index contributed by atoms with van der Waals surface area (Å²) in [5.41, 5.74) is 4.02. The second kappa shape index (κ2) is 6.42. The largest absolute Gasteiger partial charge is 0.457 e. The fourth-order valence-electron chi connectivity index (χ4n) is 3.02. The summed E-state index contributed by atoms with van der Waals surface area (Å²) < 4.78 is 5.95. The van der Waals surface area contributed by atoms with E-state index in [4.69, 9.17) is 4.74 Å². The van der Waals surface area contributed by atoms with Gasteiger partial charge in [0.05, 0.1) is 0 Å². The van der Waals surface area contributed by atoms with E-state index < -0.39 is 0 Å². The van der Waals surface area contributed by atoms with E-state index in [9.17, 15) is 0 Å². The van der Waals surface area contributed by atoms with Crippen LogP contribution in [-0.4, -0.2) is 18.1 Å². The van der Waals surface area contributed by atoms with E-state index in [1.54, 1.807) is 0 Å². The molecule has 0 amide bonds. The molecule has 0 fully saturated rings. The summed E-state index contributed by atoms with van der Waals surface area (Å²) in [6.45, 7) is 2.09. The first-order valence-corrected chi connectivity index (χ1v) is 7.47.